The minimum Gasteiger partial charge on any atom is -0.491 e. The highest BCUT2D eigenvalue weighted by atomic mass is 16.5. The van der Waals surface area contributed by atoms with Crippen molar-refractivity contribution in [2.24, 2.45) is 16.3 Å². The standard InChI is InChI=1S/C14H17N3O3/c15-12(16-19)14(6-7-14)13(18)17-8-3-9-20-11-5-2-1-4-10(11)17/h1-2,4-5,19H,3,6-9H2,(H2,15,16). The Bertz CT molecular complexity index is 567. The highest BCUT2D eigenvalue weighted by Crippen LogP contribution is 2.49. The van der Waals surface area contributed by atoms with Gasteiger partial charge in [0.1, 0.15) is 11.2 Å². The summed E-state index contributed by atoms with van der Waals surface area (Å²) >= 11 is 0. The smallest absolute Gasteiger partial charge is 0.241 e. The van der Waals surface area contributed by atoms with Crippen molar-refractivity contribution in [1.82, 2.24) is 0 Å². The van der Waals surface area contributed by atoms with Crippen molar-refractivity contribution >= 4 is 17.4 Å². The molecule has 1 aliphatic carbocycles. The number of amides is 1. The number of rotatable bonds is 2. The zero-order valence-corrected chi connectivity index (χ0v) is 11.1. The summed E-state index contributed by atoms with van der Waals surface area (Å²) in [6.07, 6.45) is 2.01. The van der Waals surface area contributed by atoms with E-state index in [0.717, 1.165) is 12.1 Å². The van der Waals surface area contributed by atoms with Gasteiger partial charge < -0.3 is 20.6 Å². The first-order valence-corrected chi connectivity index (χ1v) is 6.71. The molecule has 20 heavy (non-hydrogen) atoms. The van der Waals surface area contributed by atoms with E-state index in [1.54, 1.807) is 4.90 Å². The van der Waals surface area contributed by atoms with E-state index in [2.05, 4.69) is 5.16 Å². The van der Waals surface area contributed by atoms with Crippen molar-refractivity contribution in [1.29, 1.82) is 0 Å². The Morgan fingerprint density at radius 1 is 1.40 bits per heavy atom. The first kappa shape index (κ1) is 12.8. The van der Waals surface area contributed by atoms with Gasteiger partial charge in [-0.25, -0.2) is 0 Å². The van der Waals surface area contributed by atoms with Crippen LogP contribution >= 0.6 is 0 Å². The van der Waals surface area contributed by atoms with Crippen LogP contribution in [0.4, 0.5) is 5.69 Å². The van der Waals surface area contributed by atoms with E-state index in [-0.39, 0.29) is 11.7 Å². The van der Waals surface area contributed by atoms with E-state index in [9.17, 15) is 4.79 Å². The maximum absolute atomic E-state index is 12.8. The minimum absolute atomic E-state index is 0.00477. The molecule has 1 aromatic rings. The second-order valence-corrected chi connectivity index (χ2v) is 5.19. The topological polar surface area (TPSA) is 88.2 Å². The largest absolute Gasteiger partial charge is 0.491 e. The second-order valence-electron chi connectivity index (χ2n) is 5.19. The lowest BCUT2D eigenvalue weighted by Gasteiger charge is -2.26. The van der Waals surface area contributed by atoms with Gasteiger partial charge in [-0.15, -0.1) is 0 Å². The molecular weight excluding hydrogens is 258 g/mol. The number of benzene rings is 1. The average Bonchev–Trinajstić information content (AvgIpc) is 3.29. The fraction of sp³-hybridized carbons (Fsp3) is 0.429. The van der Waals surface area contributed by atoms with Gasteiger partial charge in [-0.05, 0) is 31.4 Å². The summed E-state index contributed by atoms with van der Waals surface area (Å²) < 4.78 is 5.64. The molecule has 1 aromatic carbocycles. The highest BCUT2D eigenvalue weighted by molar-refractivity contribution is 6.15. The molecule has 0 aromatic heterocycles. The quantitative estimate of drug-likeness (QED) is 0.369. The van der Waals surface area contributed by atoms with E-state index >= 15 is 0 Å². The van der Waals surface area contributed by atoms with E-state index < -0.39 is 5.41 Å². The summed E-state index contributed by atoms with van der Waals surface area (Å²) in [4.78, 5) is 14.5. The second kappa shape index (κ2) is 4.70. The molecule has 106 valence electrons. The van der Waals surface area contributed by atoms with Gasteiger partial charge in [-0.1, -0.05) is 17.3 Å². The third-order valence-electron chi connectivity index (χ3n) is 3.94. The molecule has 6 heteroatoms. The normalized spacial score (nSPS) is 20.6. The third kappa shape index (κ3) is 1.88. The van der Waals surface area contributed by atoms with E-state index in [4.69, 9.17) is 15.7 Å². The van der Waals surface area contributed by atoms with Crippen LogP contribution in [0, 0.1) is 5.41 Å². The fourth-order valence-electron chi connectivity index (χ4n) is 2.60. The van der Waals surface area contributed by atoms with E-state index in [0.29, 0.717) is 31.7 Å². The molecule has 3 N–H and O–H groups in total. The lowest BCUT2D eigenvalue weighted by Crippen LogP contribution is -2.44. The number of nitrogens with two attached hydrogens (primary N) is 1. The number of ether oxygens (including phenoxy) is 1. The first-order valence-electron chi connectivity index (χ1n) is 6.71. The maximum atomic E-state index is 12.8. The lowest BCUT2D eigenvalue weighted by molar-refractivity contribution is -0.121. The maximum Gasteiger partial charge on any atom is 0.241 e. The van der Waals surface area contributed by atoms with Crippen LogP contribution in [-0.2, 0) is 4.79 Å². The van der Waals surface area contributed by atoms with Gasteiger partial charge >= 0.3 is 0 Å². The molecule has 1 saturated carbocycles. The number of hydrogen-bond acceptors (Lipinski definition) is 4. The molecule has 0 bridgehead atoms. The number of amidine groups is 1. The van der Waals surface area contributed by atoms with Crippen LogP contribution in [0.1, 0.15) is 19.3 Å². The monoisotopic (exact) mass is 275 g/mol. The van der Waals surface area contributed by atoms with Gasteiger partial charge in [0.25, 0.3) is 0 Å². The van der Waals surface area contributed by atoms with E-state index in [1.807, 2.05) is 24.3 Å². The van der Waals surface area contributed by atoms with Gasteiger partial charge in [-0.3, -0.25) is 4.79 Å². The predicted molar refractivity (Wildman–Crippen MR) is 74.0 cm³/mol. The van der Waals surface area contributed by atoms with Crippen molar-refractivity contribution in [3.8, 4) is 5.75 Å². The molecular formula is C14H17N3O3. The molecule has 1 fully saturated rings. The minimum atomic E-state index is -0.827. The number of anilines is 1. The number of fused-ring (bicyclic) bond motifs is 1. The number of oxime groups is 1. The Morgan fingerprint density at radius 2 is 2.15 bits per heavy atom. The summed E-state index contributed by atoms with van der Waals surface area (Å²) in [5, 5.41) is 11.9. The average molecular weight is 275 g/mol. The summed E-state index contributed by atoms with van der Waals surface area (Å²) in [7, 11) is 0. The van der Waals surface area contributed by atoms with Crippen LogP contribution in [0.5, 0.6) is 5.75 Å². The molecule has 1 heterocycles. The van der Waals surface area contributed by atoms with Crippen molar-refractivity contribution in [3.05, 3.63) is 24.3 Å². The van der Waals surface area contributed by atoms with Gasteiger partial charge in [0, 0.05) is 6.54 Å². The lowest BCUT2D eigenvalue weighted by atomic mass is 10.0. The first-order chi connectivity index (χ1) is 9.69. The molecule has 0 unspecified atom stereocenters. The molecule has 1 aliphatic heterocycles. The summed E-state index contributed by atoms with van der Waals surface area (Å²) in [6.45, 7) is 1.16. The molecule has 0 atom stereocenters. The molecule has 0 saturated heterocycles. The summed E-state index contributed by atoms with van der Waals surface area (Å²) in [5.41, 5.74) is 5.63. The Morgan fingerprint density at radius 3 is 2.85 bits per heavy atom. The number of hydrogen-bond donors (Lipinski definition) is 2. The van der Waals surface area contributed by atoms with Crippen molar-refractivity contribution in [2.75, 3.05) is 18.1 Å². The fourth-order valence-corrected chi connectivity index (χ4v) is 2.60. The SMILES string of the molecule is N/C(=N/O)C1(C(=O)N2CCCOc3ccccc32)CC1. The number of carbonyl (C=O) groups excluding carboxylic acids is 1. The van der Waals surface area contributed by atoms with Crippen molar-refractivity contribution < 1.29 is 14.7 Å². The van der Waals surface area contributed by atoms with Crippen molar-refractivity contribution in [3.63, 3.8) is 0 Å². The van der Waals surface area contributed by atoms with Gasteiger partial charge in [0.2, 0.25) is 5.91 Å². The van der Waals surface area contributed by atoms with Gasteiger partial charge in [-0.2, -0.15) is 0 Å². The van der Waals surface area contributed by atoms with Crippen LogP contribution in [0.25, 0.3) is 0 Å². The predicted octanol–water partition coefficient (Wildman–Crippen LogP) is 1.33. The van der Waals surface area contributed by atoms with Crippen LogP contribution < -0.4 is 15.4 Å². The number of nitrogens with zero attached hydrogens (tertiary/aromatic N) is 2. The Balaban J connectivity index is 1.96. The zero-order chi connectivity index (χ0) is 14.2. The Hall–Kier alpha value is -2.24. The molecule has 6 nitrogen and oxygen atoms in total. The number of para-hydroxylation sites is 2. The van der Waals surface area contributed by atoms with Crippen LogP contribution in [0.15, 0.2) is 29.4 Å². The summed E-state index contributed by atoms with van der Waals surface area (Å²) in [5.74, 6) is 0.601. The van der Waals surface area contributed by atoms with Crippen molar-refractivity contribution in [2.45, 2.75) is 19.3 Å². The van der Waals surface area contributed by atoms with Crippen LogP contribution in [0.3, 0.4) is 0 Å². The van der Waals surface area contributed by atoms with Gasteiger partial charge in [0.15, 0.2) is 5.84 Å². The van der Waals surface area contributed by atoms with Crippen LogP contribution in [-0.4, -0.2) is 30.1 Å². The van der Waals surface area contributed by atoms with Crippen LogP contribution in [0.2, 0.25) is 0 Å². The third-order valence-corrected chi connectivity index (χ3v) is 3.94. The molecule has 1 amide bonds. The molecule has 2 aliphatic rings. The Kier molecular flexibility index (Phi) is 3.00. The molecule has 3 rings (SSSR count). The summed E-state index contributed by atoms with van der Waals surface area (Å²) in [6, 6.07) is 7.46. The number of carbonyl (C=O) groups is 1. The zero-order valence-electron chi connectivity index (χ0n) is 11.1. The van der Waals surface area contributed by atoms with E-state index in [1.165, 1.54) is 0 Å². The molecule has 0 spiro atoms. The Labute approximate surface area is 116 Å². The van der Waals surface area contributed by atoms with Gasteiger partial charge in [0.05, 0.1) is 12.3 Å². The highest BCUT2D eigenvalue weighted by Gasteiger charge is 2.56. The molecule has 0 radical (unpaired) electrons.